The van der Waals surface area contributed by atoms with Gasteiger partial charge in [0.15, 0.2) is 0 Å². The van der Waals surface area contributed by atoms with Gasteiger partial charge in [0.25, 0.3) is 0 Å². The van der Waals surface area contributed by atoms with Gasteiger partial charge in [0, 0.05) is 13.1 Å². The highest BCUT2D eigenvalue weighted by molar-refractivity contribution is 5.85. The molecule has 15 heavy (non-hydrogen) atoms. The molecule has 0 aliphatic rings. The number of hydrogen-bond donors (Lipinski definition) is 2. The van der Waals surface area contributed by atoms with Crippen LogP contribution in [0.5, 0.6) is 0 Å². The van der Waals surface area contributed by atoms with Crippen molar-refractivity contribution in [2.24, 2.45) is 5.73 Å². The smallest absolute Gasteiger partial charge is 0.236 e. The molecule has 1 amide bonds. The van der Waals surface area contributed by atoms with Gasteiger partial charge in [0.1, 0.15) is 0 Å². The molecule has 0 aliphatic carbocycles. The van der Waals surface area contributed by atoms with E-state index in [0.29, 0.717) is 6.54 Å². The van der Waals surface area contributed by atoms with Crippen LogP contribution in [0.1, 0.15) is 26.7 Å². The molecule has 0 fully saturated rings. The van der Waals surface area contributed by atoms with Crippen molar-refractivity contribution in [3.63, 3.8) is 0 Å². The van der Waals surface area contributed by atoms with Gasteiger partial charge in [-0.05, 0) is 26.9 Å². The van der Waals surface area contributed by atoms with Crippen molar-refractivity contribution in [1.82, 2.24) is 10.2 Å². The zero-order chi connectivity index (χ0) is 11.0. The van der Waals surface area contributed by atoms with Gasteiger partial charge in [0.2, 0.25) is 5.91 Å². The summed E-state index contributed by atoms with van der Waals surface area (Å²) in [4.78, 5) is 13.3. The molecule has 0 radical (unpaired) electrons. The first-order chi connectivity index (χ1) is 6.57. The number of likely N-dealkylation sites (N-methyl/N-ethyl adjacent to an activating group) is 1. The number of amides is 1. The van der Waals surface area contributed by atoms with Gasteiger partial charge in [0.05, 0.1) is 6.04 Å². The second-order valence-electron chi connectivity index (χ2n) is 3.74. The van der Waals surface area contributed by atoms with E-state index in [9.17, 15) is 4.79 Å². The zero-order valence-corrected chi connectivity index (χ0v) is 10.8. The van der Waals surface area contributed by atoms with E-state index < -0.39 is 6.04 Å². The van der Waals surface area contributed by atoms with E-state index in [1.54, 1.807) is 6.92 Å². The summed E-state index contributed by atoms with van der Waals surface area (Å²) in [6, 6.07) is -0.407. The maximum atomic E-state index is 11.1. The quantitative estimate of drug-likeness (QED) is 0.682. The van der Waals surface area contributed by atoms with E-state index in [-0.39, 0.29) is 18.3 Å². The molecule has 92 valence electrons. The molecule has 0 spiro atoms. The van der Waals surface area contributed by atoms with E-state index in [1.165, 1.54) is 12.8 Å². The maximum Gasteiger partial charge on any atom is 0.236 e. The highest BCUT2D eigenvalue weighted by Crippen LogP contribution is 1.90. The fourth-order valence-electron chi connectivity index (χ4n) is 1.07. The Morgan fingerprint density at radius 2 is 2.07 bits per heavy atom. The molecule has 0 aromatic rings. The van der Waals surface area contributed by atoms with E-state index in [1.807, 2.05) is 0 Å². The van der Waals surface area contributed by atoms with E-state index >= 15 is 0 Å². The van der Waals surface area contributed by atoms with Crippen LogP contribution in [0.3, 0.4) is 0 Å². The number of nitrogens with zero attached hydrogens (tertiary/aromatic N) is 1. The molecule has 3 N–H and O–H groups in total. The molecule has 0 saturated carbocycles. The Hall–Kier alpha value is -0.320. The Morgan fingerprint density at radius 1 is 1.47 bits per heavy atom. The van der Waals surface area contributed by atoms with Crippen LogP contribution in [0.2, 0.25) is 0 Å². The van der Waals surface area contributed by atoms with Gasteiger partial charge in [-0.1, -0.05) is 13.3 Å². The van der Waals surface area contributed by atoms with Crippen LogP contribution in [-0.2, 0) is 4.79 Å². The number of carbonyl (C=O) groups is 1. The summed E-state index contributed by atoms with van der Waals surface area (Å²) in [5.41, 5.74) is 5.41. The summed E-state index contributed by atoms with van der Waals surface area (Å²) >= 11 is 0. The lowest BCUT2D eigenvalue weighted by atomic mass is 10.3. The van der Waals surface area contributed by atoms with Crippen molar-refractivity contribution in [3.8, 4) is 0 Å². The minimum Gasteiger partial charge on any atom is -0.353 e. The molecule has 0 aromatic carbocycles. The van der Waals surface area contributed by atoms with E-state index in [2.05, 4.69) is 24.2 Å². The number of unbranched alkanes of at least 4 members (excludes halogenated alkanes) is 1. The molecular formula is C10H24ClN3O. The van der Waals surface area contributed by atoms with Gasteiger partial charge in [-0.3, -0.25) is 4.79 Å². The summed E-state index contributed by atoms with van der Waals surface area (Å²) in [6.45, 7) is 6.52. The normalized spacial score (nSPS) is 12.1. The molecular weight excluding hydrogens is 214 g/mol. The van der Waals surface area contributed by atoms with Crippen molar-refractivity contribution in [2.75, 3.05) is 26.7 Å². The van der Waals surface area contributed by atoms with Gasteiger partial charge < -0.3 is 16.0 Å². The first kappa shape index (κ1) is 17.1. The Labute approximate surface area is 99.0 Å². The molecule has 0 bridgehead atoms. The highest BCUT2D eigenvalue weighted by Gasteiger charge is 2.05. The van der Waals surface area contributed by atoms with Gasteiger partial charge in [-0.25, -0.2) is 0 Å². The molecule has 4 nitrogen and oxygen atoms in total. The van der Waals surface area contributed by atoms with Gasteiger partial charge in [-0.2, -0.15) is 0 Å². The van der Waals surface area contributed by atoms with E-state index in [4.69, 9.17) is 5.73 Å². The second-order valence-corrected chi connectivity index (χ2v) is 3.74. The average Bonchev–Trinajstić information content (AvgIpc) is 2.14. The minimum absolute atomic E-state index is 0. The third-order valence-electron chi connectivity index (χ3n) is 2.10. The van der Waals surface area contributed by atoms with Crippen molar-refractivity contribution in [2.45, 2.75) is 32.7 Å². The van der Waals surface area contributed by atoms with Crippen molar-refractivity contribution in [1.29, 1.82) is 0 Å². The second kappa shape index (κ2) is 10.2. The van der Waals surface area contributed by atoms with Crippen LogP contribution in [0, 0.1) is 0 Å². The molecule has 0 rings (SSSR count). The van der Waals surface area contributed by atoms with Crippen molar-refractivity contribution >= 4 is 18.3 Å². The molecule has 0 heterocycles. The third kappa shape index (κ3) is 9.97. The Kier molecular flexibility index (Phi) is 11.6. The SMILES string of the molecule is CCCCN(C)CCNC(=O)C(C)N.Cl. The molecule has 0 aromatic heterocycles. The van der Waals surface area contributed by atoms with E-state index in [0.717, 1.165) is 13.1 Å². The Balaban J connectivity index is 0. The topological polar surface area (TPSA) is 58.4 Å². The first-order valence-electron chi connectivity index (χ1n) is 5.29. The first-order valence-corrected chi connectivity index (χ1v) is 5.29. The number of nitrogens with one attached hydrogen (secondary N) is 1. The Morgan fingerprint density at radius 3 is 2.53 bits per heavy atom. The van der Waals surface area contributed by atoms with Crippen molar-refractivity contribution < 1.29 is 4.79 Å². The van der Waals surface area contributed by atoms with Crippen LogP contribution < -0.4 is 11.1 Å². The summed E-state index contributed by atoms with van der Waals surface area (Å²) in [6.07, 6.45) is 2.41. The Bertz CT molecular complexity index is 165. The lowest BCUT2D eigenvalue weighted by molar-refractivity contribution is -0.122. The lowest BCUT2D eigenvalue weighted by Gasteiger charge is -2.16. The monoisotopic (exact) mass is 237 g/mol. The van der Waals surface area contributed by atoms with Crippen molar-refractivity contribution in [3.05, 3.63) is 0 Å². The lowest BCUT2D eigenvalue weighted by Crippen LogP contribution is -2.41. The highest BCUT2D eigenvalue weighted by atomic mass is 35.5. The molecule has 1 atom stereocenters. The molecule has 1 unspecified atom stereocenters. The number of rotatable bonds is 7. The fourth-order valence-corrected chi connectivity index (χ4v) is 1.07. The maximum absolute atomic E-state index is 11.1. The standard InChI is InChI=1S/C10H23N3O.ClH/c1-4-5-7-13(3)8-6-12-10(14)9(2)11;/h9H,4-8,11H2,1-3H3,(H,12,14);1H. The zero-order valence-electron chi connectivity index (χ0n) is 9.95. The summed E-state index contributed by atoms with van der Waals surface area (Å²) in [7, 11) is 2.06. The largest absolute Gasteiger partial charge is 0.353 e. The van der Waals surface area contributed by atoms with Crippen LogP contribution in [0.25, 0.3) is 0 Å². The predicted molar refractivity (Wildman–Crippen MR) is 66.3 cm³/mol. The van der Waals surface area contributed by atoms with Crippen LogP contribution in [-0.4, -0.2) is 43.5 Å². The number of carbonyl (C=O) groups excluding carboxylic acids is 1. The third-order valence-corrected chi connectivity index (χ3v) is 2.10. The fraction of sp³-hybridized carbons (Fsp3) is 0.900. The van der Waals surface area contributed by atoms with Gasteiger partial charge >= 0.3 is 0 Å². The minimum atomic E-state index is -0.407. The average molecular weight is 238 g/mol. The number of hydrogen-bond acceptors (Lipinski definition) is 3. The van der Waals surface area contributed by atoms with Gasteiger partial charge in [-0.15, -0.1) is 12.4 Å². The van der Waals surface area contributed by atoms with Crippen LogP contribution in [0.15, 0.2) is 0 Å². The summed E-state index contributed by atoms with van der Waals surface area (Å²) < 4.78 is 0. The number of halogens is 1. The molecule has 0 saturated heterocycles. The summed E-state index contributed by atoms with van der Waals surface area (Å²) in [5, 5.41) is 2.78. The molecule has 5 heteroatoms. The molecule has 0 aliphatic heterocycles. The summed E-state index contributed by atoms with van der Waals surface area (Å²) in [5.74, 6) is -0.0751. The number of nitrogens with two attached hydrogens (primary N) is 1. The predicted octanol–water partition coefficient (Wildman–Crippen LogP) is 0.604. The van der Waals surface area contributed by atoms with Crippen LogP contribution >= 0.6 is 12.4 Å². The van der Waals surface area contributed by atoms with Crippen LogP contribution in [0.4, 0.5) is 0 Å².